The number of rotatable bonds is 3. The summed E-state index contributed by atoms with van der Waals surface area (Å²) in [5.74, 6) is 13.3. The van der Waals surface area contributed by atoms with Gasteiger partial charge in [0.1, 0.15) is 0 Å². The molecular formula is C38H63N. The van der Waals surface area contributed by atoms with E-state index in [1.54, 1.807) is 122 Å². The van der Waals surface area contributed by atoms with E-state index in [1.165, 1.54) is 25.7 Å². The molecule has 0 bridgehead atoms. The summed E-state index contributed by atoms with van der Waals surface area (Å²) in [5, 5.41) is 0. The zero-order chi connectivity index (χ0) is 25.9. The minimum atomic E-state index is 0.951. The molecule has 0 spiro atoms. The van der Waals surface area contributed by atoms with Crippen LogP contribution in [0, 0.1) is 71.0 Å². The van der Waals surface area contributed by atoms with Crippen molar-refractivity contribution in [1.82, 2.24) is 4.90 Å². The van der Waals surface area contributed by atoms with Gasteiger partial charge in [0.05, 0.1) is 0 Å². The molecular weight excluding hydrogens is 470 g/mol. The Bertz CT molecular complexity index is 835. The van der Waals surface area contributed by atoms with Crippen LogP contribution in [0.4, 0.5) is 0 Å². The Kier molecular flexibility index (Phi) is 7.65. The Morgan fingerprint density at radius 3 is 1.46 bits per heavy atom. The van der Waals surface area contributed by atoms with Crippen LogP contribution >= 0.6 is 0 Å². The minimum absolute atomic E-state index is 0.951. The summed E-state index contributed by atoms with van der Waals surface area (Å²) in [7, 11) is 2.51. The zero-order valence-electron chi connectivity index (χ0n) is 25.8. The van der Waals surface area contributed by atoms with Crippen molar-refractivity contribution in [2.75, 3.05) is 7.05 Å². The quantitative estimate of drug-likeness (QED) is 0.349. The fourth-order valence-electron chi connectivity index (χ4n) is 14.3. The monoisotopic (exact) mass is 533 g/mol. The Labute approximate surface area is 242 Å². The van der Waals surface area contributed by atoms with E-state index in [2.05, 4.69) is 11.9 Å². The standard InChI is InChI=1S/C38H63N/c1-39-37-15-5-4-14-34(37)36-24-30(18-19-38(36)39)28-12-7-10-26(21-28)25-9-6-11-27(20-25)29-16-17-32-22-31-8-2-3-13-33(31)35(32)23-29/h25-38H,2-24H2,1H3. The van der Waals surface area contributed by atoms with Gasteiger partial charge in [-0.3, -0.25) is 4.90 Å². The third kappa shape index (κ3) is 4.91. The Balaban J connectivity index is 0.885. The second-order valence-electron chi connectivity index (χ2n) is 17.3. The highest BCUT2D eigenvalue weighted by Gasteiger charge is 2.51. The number of fused-ring (bicyclic) bond motifs is 6. The molecule has 0 radical (unpaired) electrons. The molecule has 39 heavy (non-hydrogen) atoms. The fraction of sp³-hybridized carbons (Fsp3) is 1.00. The van der Waals surface area contributed by atoms with Crippen molar-refractivity contribution in [1.29, 1.82) is 0 Å². The van der Waals surface area contributed by atoms with Crippen LogP contribution in [-0.4, -0.2) is 24.0 Å². The number of nitrogens with zero attached hydrogens (tertiary/aromatic N) is 1. The average molecular weight is 534 g/mol. The summed E-state index contributed by atoms with van der Waals surface area (Å²) in [6.45, 7) is 0. The van der Waals surface area contributed by atoms with Crippen molar-refractivity contribution >= 4 is 0 Å². The number of likely N-dealkylation sites (tertiary alicyclic amines) is 1. The first kappa shape index (κ1) is 26.6. The molecule has 1 nitrogen and oxygen atoms in total. The van der Waals surface area contributed by atoms with E-state index >= 15 is 0 Å². The Hall–Kier alpha value is -0.0400. The van der Waals surface area contributed by atoms with Crippen LogP contribution in [0.2, 0.25) is 0 Å². The predicted octanol–water partition coefficient (Wildman–Crippen LogP) is 10.1. The van der Waals surface area contributed by atoms with Gasteiger partial charge >= 0.3 is 0 Å². The molecule has 220 valence electrons. The van der Waals surface area contributed by atoms with Crippen molar-refractivity contribution in [3.63, 3.8) is 0 Å². The second-order valence-corrected chi connectivity index (χ2v) is 17.3. The van der Waals surface area contributed by atoms with Gasteiger partial charge in [0.2, 0.25) is 0 Å². The maximum absolute atomic E-state index is 2.89. The van der Waals surface area contributed by atoms with E-state index < -0.39 is 0 Å². The molecule has 14 unspecified atom stereocenters. The van der Waals surface area contributed by atoms with Crippen LogP contribution in [0.5, 0.6) is 0 Å². The highest BCUT2D eigenvalue weighted by atomic mass is 15.2. The molecule has 1 saturated heterocycles. The molecule has 8 fully saturated rings. The lowest BCUT2D eigenvalue weighted by atomic mass is 9.59. The molecule has 1 heterocycles. The van der Waals surface area contributed by atoms with E-state index in [0.717, 1.165) is 83.1 Å². The van der Waals surface area contributed by atoms with Gasteiger partial charge in [-0.2, -0.15) is 0 Å². The van der Waals surface area contributed by atoms with Gasteiger partial charge in [0.15, 0.2) is 0 Å². The van der Waals surface area contributed by atoms with Crippen LogP contribution in [0.25, 0.3) is 0 Å². The molecule has 14 atom stereocenters. The SMILES string of the molecule is CN1C2CCCCC2C2CC(C3CCCC(C4CCCC(C5CCC6CC7CCCCC7C6C5)C4)C3)CCC21. The van der Waals surface area contributed by atoms with Crippen molar-refractivity contribution in [3.05, 3.63) is 0 Å². The number of hydrogen-bond donors (Lipinski definition) is 0. The van der Waals surface area contributed by atoms with Crippen molar-refractivity contribution in [3.8, 4) is 0 Å². The molecule has 0 aromatic rings. The van der Waals surface area contributed by atoms with Gasteiger partial charge in [-0.05, 0) is 155 Å². The van der Waals surface area contributed by atoms with Crippen LogP contribution in [0.15, 0.2) is 0 Å². The molecule has 0 amide bonds. The van der Waals surface area contributed by atoms with Crippen LogP contribution in [0.3, 0.4) is 0 Å². The highest BCUT2D eigenvalue weighted by molar-refractivity contribution is 5.04. The van der Waals surface area contributed by atoms with Crippen molar-refractivity contribution in [2.45, 2.75) is 160 Å². The topological polar surface area (TPSA) is 3.24 Å². The molecule has 8 aliphatic rings. The van der Waals surface area contributed by atoms with Gasteiger partial charge < -0.3 is 0 Å². The van der Waals surface area contributed by atoms with Gasteiger partial charge in [0, 0.05) is 12.1 Å². The van der Waals surface area contributed by atoms with Crippen LogP contribution in [0.1, 0.15) is 148 Å². The number of hydrogen-bond acceptors (Lipinski definition) is 1. The van der Waals surface area contributed by atoms with Crippen molar-refractivity contribution < 1.29 is 0 Å². The van der Waals surface area contributed by atoms with Crippen molar-refractivity contribution in [2.24, 2.45) is 71.0 Å². The largest absolute Gasteiger partial charge is 0.300 e. The highest BCUT2D eigenvalue weighted by Crippen LogP contribution is 2.58. The minimum Gasteiger partial charge on any atom is -0.300 e. The smallest absolute Gasteiger partial charge is 0.0127 e. The van der Waals surface area contributed by atoms with E-state index in [9.17, 15) is 0 Å². The van der Waals surface area contributed by atoms with Crippen LogP contribution < -0.4 is 0 Å². The van der Waals surface area contributed by atoms with E-state index in [0.29, 0.717) is 0 Å². The molecule has 7 aliphatic carbocycles. The fourth-order valence-corrected chi connectivity index (χ4v) is 14.3. The van der Waals surface area contributed by atoms with Gasteiger partial charge in [0.25, 0.3) is 0 Å². The first-order valence-electron chi connectivity index (χ1n) is 18.9. The first-order valence-corrected chi connectivity index (χ1v) is 18.9. The third-order valence-corrected chi connectivity index (χ3v) is 16.0. The Morgan fingerprint density at radius 1 is 0.308 bits per heavy atom. The normalized spacial score (nSPS) is 54.4. The van der Waals surface area contributed by atoms with E-state index in [4.69, 9.17) is 0 Å². The molecule has 0 aromatic heterocycles. The van der Waals surface area contributed by atoms with Crippen LogP contribution in [-0.2, 0) is 0 Å². The summed E-state index contributed by atoms with van der Waals surface area (Å²) < 4.78 is 0. The summed E-state index contributed by atoms with van der Waals surface area (Å²) in [6, 6.07) is 1.90. The average Bonchev–Trinajstić information content (AvgIpc) is 3.52. The van der Waals surface area contributed by atoms with E-state index in [-0.39, 0.29) is 0 Å². The summed E-state index contributed by atoms with van der Waals surface area (Å²) in [4.78, 5) is 2.89. The maximum Gasteiger partial charge on any atom is 0.0127 e. The third-order valence-electron chi connectivity index (χ3n) is 16.0. The molecule has 1 aliphatic heterocycles. The molecule has 0 N–H and O–H groups in total. The molecule has 8 rings (SSSR count). The van der Waals surface area contributed by atoms with Gasteiger partial charge in [-0.1, -0.05) is 70.6 Å². The lowest BCUT2D eigenvalue weighted by Gasteiger charge is -2.46. The summed E-state index contributed by atoms with van der Waals surface area (Å²) in [6.07, 6.45) is 36.5. The lowest BCUT2D eigenvalue weighted by molar-refractivity contribution is 0.0465. The predicted molar refractivity (Wildman–Crippen MR) is 163 cm³/mol. The zero-order valence-corrected chi connectivity index (χ0v) is 25.8. The first-order chi connectivity index (χ1) is 19.2. The molecule has 0 aromatic carbocycles. The molecule has 7 saturated carbocycles. The summed E-state index contributed by atoms with van der Waals surface area (Å²) >= 11 is 0. The second kappa shape index (κ2) is 11.2. The van der Waals surface area contributed by atoms with Gasteiger partial charge in [-0.25, -0.2) is 0 Å². The lowest BCUT2D eigenvalue weighted by Crippen LogP contribution is -2.39. The Morgan fingerprint density at radius 2 is 0.744 bits per heavy atom. The maximum atomic E-state index is 2.89. The molecule has 1 heteroatoms. The van der Waals surface area contributed by atoms with Gasteiger partial charge in [-0.15, -0.1) is 0 Å². The van der Waals surface area contributed by atoms with E-state index in [1.807, 2.05) is 0 Å². The summed E-state index contributed by atoms with van der Waals surface area (Å²) in [5.41, 5.74) is 0.